The molecule has 2 heterocycles. The van der Waals surface area contributed by atoms with Crippen molar-refractivity contribution >= 4 is 17.7 Å². The van der Waals surface area contributed by atoms with Crippen molar-refractivity contribution in [2.45, 2.75) is 57.0 Å². The molecule has 1 aliphatic rings. The number of thioether (sulfide) groups is 1. The van der Waals surface area contributed by atoms with Gasteiger partial charge in [0.15, 0.2) is 11.0 Å². The molecular weight excluding hydrogens is 372 g/mol. The number of aromatic nitrogens is 3. The van der Waals surface area contributed by atoms with Gasteiger partial charge in [-0.1, -0.05) is 56.8 Å². The fourth-order valence-electron chi connectivity index (χ4n) is 3.24. The van der Waals surface area contributed by atoms with Crippen LogP contribution in [0.1, 0.15) is 40.2 Å². The lowest BCUT2D eigenvalue weighted by Gasteiger charge is -2.28. The Hall–Kier alpha value is -1.86. The van der Waals surface area contributed by atoms with Crippen molar-refractivity contribution in [3.8, 4) is 11.4 Å². The maximum Gasteiger partial charge on any atom is 0.236 e. The minimum Gasteiger partial charge on any atom is -0.378 e. The number of morpholine rings is 1. The molecule has 0 N–H and O–H groups in total. The number of carbonyl (C=O) groups excluding carboxylic acids is 1. The van der Waals surface area contributed by atoms with Crippen LogP contribution in [0.25, 0.3) is 11.4 Å². The van der Waals surface area contributed by atoms with Crippen molar-refractivity contribution in [3.05, 3.63) is 29.8 Å². The van der Waals surface area contributed by atoms with Gasteiger partial charge in [0, 0.05) is 25.2 Å². The highest BCUT2D eigenvalue weighted by Crippen LogP contribution is 2.29. The quantitative estimate of drug-likeness (QED) is 0.715. The number of nitrogens with zero attached hydrogens (tertiary/aromatic N) is 4. The maximum absolute atomic E-state index is 12.7. The molecule has 0 bridgehead atoms. The predicted molar refractivity (Wildman–Crippen MR) is 113 cm³/mol. The van der Waals surface area contributed by atoms with Crippen LogP contribution in [0.3, 0.4) is 0 Å². The number of hydrogen-bond donors (Lipinski definition) is 0. The van der Waals surface area contributed by atoms with E-state index in [4.69, 9.17) is 4.74 Å². The van der Waals surface area contributed by atoms with E-state index in [9.17, 15) is 4.79 Å². The summed E-state index contributed by atoms with van der Waals surface area (Å²) in [5, 5.41) is 9.38. The summed E-state index contributed by atoms with van der Waals surface area (Å²) in [6.45, 7) is 13.9. The fraction of sp³-hybridized carbons (Fsp3) is 0.571. The highest BCUT2D eigenvalue weighted by Gasteiger charge is 2.25. The SMILES string of the molecule is CCn1c(SC(C)C(=O)N2CCOCC2)nnc1-c1ccc(C(C)(C)C)cc1. The smallest absolute Gasteiger partial charge is 0.236 e. The average molecular weight is 403 g/mol. The van der Waals surface area contributed by atoms with Crippen molar-refractivity contribution in [2.24, 2.45) is 0 Å². The largest absolute Gasteiger partial charge is 0.378 e. The summed E-state index contributed by atoms with van der Waals surface area (Å²) < 4.78 is 7.42. The molecule has 28 heavy (non-hydrogen) atoms. The summed E-state index contributed by atoms with van der Waals surface area (Å²) >= 11 is 1.48. The number of ether oxygens (including phenoxy) is 1. The Morgan fingerprint density at radius 2 is 1.82 bits per heavy atom. The highest BCUT2D eigenvalue weighted by molar-refractivity contribution is 8.00. The molecule has 1 amide bonds. The van der Waals surface area contributed by atoms with Crippen LogP contribution in [0.15, 0.2) is 29.4 Å². The van der Waals surface area contributed by atoms with Crippen molar-refractivity contribution < 1.29 is 9.53 Å². The number of rotatable bonds is 5. The first-order valence-corrected chi connectivity index (χ1v) is 10.8. The molecule has 1 aromatic carbocycles. The van der Waals surface area contributed by atoms with Gasteiger partial charge in [0.25, 0.3) is 0 Å². The molecule has 152 valence electrons. The molecule has 1 fully saturated rings. The summed E-state index contributed by atoms with van der Waals surface area (Å²) in [6, 6.07) is 8.52. The average Bonchev–Trinajstić information content (AvgIpc) is 3.10. The molecule has 1 unspecified atom stereocenters. The van der Waals surface area contributed by atoms with E-state index in [1.54, 1.807) is 0 Å². The summed E-state index contributed by atoms with van der Waals surface area (Å²) in [6.07, 6.45) is 0. The van der Waals surface area contributed by atoms with Gasteiger partial charge < -0.3 is 14.2 Å². The van der Waals surface area contributed by atoms with Crippen LogP contribution in [0, 0.1) is 0 Å². The van der Waals surface area contributed by atoms with E-state index in [1.807, 2.05) is 11.8 Å². The van der Waals surface area contributed by atoms with Crippen LogP contribution in [-0.4, -0.2) is 57.1 Å². The van der Waals surface area contributed by atoms with Gasteiger partial charge in [-0.15, -0.1) is 10.2 Å². The molecule has 1 aromatic heterocycles. The van der Waals surface area contributed by atoms with E-state index >= 15 is 0 Å². The van der Waals surface area contributed by atoms with Gasteiger partial charge in [-0.25, -0.2) is 0 Å². The fourth-order valence-corrected chi connectivity index (χ4v) is 4.24. The van der Waals surface area contributed by atoms with E-state index in [0.717, 1.165) is 23.1 Å². The lowest BCUT2D eigenvalue weighted by molar-refractivity contribution is -0.134. The Balaban J connectivity index is 1.77. The van der Waals surface area contributed by atoms with E-state index in [2.05, 4.69) is 66.7 Å². The first-order valence-electron chi connectivity index (χ1n) is 9.88. The molecule has 6 nitrogen and oxygen atoms in total. The molecule has 2 aromatic rings. The van der Waals surface area contributed by atoms with Crippen LogP contribution in [0.5, 0.6) is 0 Å². The van der Waals surface area contributed by atoms with Gasteiger partial charge in [-0.05, 0) is 24.8 Å². The third-order valence-electron chi connectivity index (χ3n) is 4.99. The van der Waals surface area contributed by atoms with Crippen LogP contribution < -0.4 is 0 Å². The van der Waals surface area contributed by atoms with Gasteiger partial charge in [0.2, 0.25) is 5.91 Å². The first-order chi connectivity index (χ1) is 13.3. The molecule has 7 heteroatoms. The molecule has 1 aliphatic heterocycles. The minimum absolute atomic E-state index is 0.118. The molecule has 3 rings (SSSR count). The van der Waals surface area contributed by atoms with E-state index < -0.39 is 0 Å². The van der Waals surface area contributed by atoms with Gasteiger partial charge in [0.1, 0.15) is 0 Å². The van der Waals surface area contributed by atoms with Gasteiger partial charge in [-0.3, -0.25) is 4.79 Å². The zero-order valence-electron chi connectivity index (χ0n) is 17.4. The van der Waals surface area contributed by atoms with Crippen LogP contribution in [0.2, 0.25) is 0 Å². The lowest BCUT2D eigenvalue weighted by Crippen LogP contribution is -2.44. The summed E-state index contributed by atoms with van der Waals surface area (Å²) in [5.41, 5.74) is 2.45. The van der Waals surface area contributed by atoms with Crippen molar-refractivity contribution in [1.29, 1.82) is 0 Å². The standard InChI is InChI=1S/C21H30N4O2S/c1-6-25-18(16-7-9-17(10-8-16)21(3,4)5)22-23-20(25)28-15(2)19(26)24-11-13-27-14-12-24/h7-10,15H,6,11-14H2,1-5H3. The molecular formula is C21H30N4O2S. The number of carbonyl (C=O) groups is 1. The second-order valence-corrected chi connectivity index (χ2v) is 9.38. The Bertz CT molecular complexity index is 805. The van der Waals surface area contributed by atoms with Crippen molar-refractivity contribution in [3.63, 3.8) is 0 Å². The van der Waals surface area contributed by atoms with E-state index in [-0.39, 0.29) is 16.6 Å². The number of hydrogen-bond acceptors (Lipinski definition) is 5. The summed E-state index contributed by atoms with van der Waals surface area (Å²) in [4.78, 5) is 14.6. The molecule has 0 aliphatic carbocycles. The maximum atomic E-state index is 12.7. The Morgan fingerprint density at radius 3 is 2.39 bits per heavy atom. The lowest BCUT2D eigenvalue weighted by atomic mass is 9.87. The molecule has 1 saturated heterocycles. The second kappa shape index (κ2) is 8.66. The van der Waals surface area contributed by atoms with Crippen LogP contribution in [0.4, 0.5) is 0 Å². The van der Waals surface area contributed by atoms with Crippen molar-refractivity contribution in [1.82, 2.24) is 19.7 Å². The Kier molecular flexibility index (Phi) is 6.45. The summed E-state index contributed by atoms with van der Waals surface area (Å²) in [7, 11) is 0. The monoisotopic (exact) mass is 402 g/mol. The Labute approximate surface area is 171 Å². The molecule has 0 saturated carbocycles. The molecule has 0 spiro atoms. The number of benzene rings is 1. The number of amides is 1. The van der Waals surface area contributed by atoms with Crippen LogP contribution >= 0.6 is 11.8 Å². The second-order valence-electron chi connectivity index (χ2n) is 8.08. The zero-order chi connectivity index (χ0) is 20.3. The Morgan fingerprint density at radius 1 is 1.18 bits per heavy atom. The first kappa shape index (κ1) is 20.9. The topological polar surface area (TPSA) is 60.2 Å². The third kappa shape index (κ3) is 4.58. The van der Waals surface area contributed by atoms with Gasteiger partial charge in [-0.2, -0.15) is 0 Å². The van der Waals surface area contributed by atoms with E-state index in [0.29, 0.717) is 26.3 Å². The zero-order valence-corrected chi connectivity index (χ0v) is 18.3. The van der Waals surface area contributed by atoms with E-state index in [1.165, 1.54) is 17.3 Å². The minimum atomic E-state index is -0.205. The summed E-state index contributed by atoms with van der Waals surface area (Å²) in [5.74, 6) is 0.978. The highest BCUT2D eigenvalue weighted by atomic mass is 32.2. The predicted octanol–water partition coefficient (Wildman–Crippen LogP) is 3.60. The van der Waals surface area contributed by atoms with Gasteiger partial charge >= 0.3 is 0 Å². The van der Waals surface area contributed by atoms with Crippen LogP contribution in [-0.2, 0) is 21.5 Å². The normalized spacial score (nSPS) is 16.2. The molecule has 0 radical (unpaired) electrons. The molecule has 1 atom stereocenters. The van der Waals surface area contributed by atoms with Crippen molar-refractivity contribution in [2.75, 3.05) is 26.3 Å². The third-order valence-corrected chi connectivity index (χ3v) is 6.06. The van der Waals surface area contributed by atoms with Gasteiger partial charge in [0.05, 0.1) is 18.5 Å².